The lowest BCUT2D eigenvalue weighted by atomic mass is 9.52. The summed E-state index contributed by atoms with van der Waals surface area (Å²) in [6, 6.07) is 12.4. The Labute approximate surface area is 177 Å². The first-order chi connectivity index (χ1) is 13.9. The molecule has 4 heteroatoms. The normalized spacial score (nSPS) is 36.9. The number of rotatable bonds is 2. The van der Waals surface area contributed by atoms with E-state index in [2.05, 4.69) is 45.0 Å². The number of aliphatic carboxylic acids is 1. The fourth-order valence-corrected chi connectivity index (χ4v) is 5.63. The van der Waals surface area contributed by atoms with Gasteiger partial charge >= 0.3 is 5.97 Å². The third-order valence-electron chi connectivity index (χ3n) is 8.13. The van der Waals surface area contributed by atoms with Crippen LogP contribution in [0.1, 0.15) is 56.4 Å². The lowest BCUT2D eigenvalue weighted by Gasteiger charge is -2.53. The first-order valence-corrected chi connectivity index (χ1v) is 10.5. The Hall–Kier alpha value is -2.75. The number of carbonyl (C=O) groups is 1. The van der Waals surface area contributed by atoms with Gasteiger partial charge in [-0.2, -0.15) is 0 Å². The van der Waals surface area contributed by atoms with E-state index in [0.29, 0.717) is 5.75 Å². The molecular weight excluding hydrogens is 376 g/mol. The summed E-state index contributed by atoms with van der Waals surface area (Å²) in [5.74, 6) is 0.625. The molecule has 0 bridgehead atoms. The van der Waals surface area contributed by atoms with E-state index in [1.54, 1.807) is 6.92 Å². The molecule has 4 nitrogen and oxygen atoms in total. The van der Waals surface area contributed by atoms with Crippen molar-refractivity contribution in [2.24, 2.45) is 0 Å². The molecular formula is C26H28O4. The van der Waals surface area contributed by atoms with Crippen molar-refractivity contribution in [1.29, 1.82) is 0 Å². The molecule has 30 heavy (non-hydrogen) atoms. The highest BCUT2D eigenvalue weighted by Gasteiger charge is 2.67. The van der Waals surface area contributed by atoms with Crippen molar-refractivity contribution >= 4 is 5.97 Å². The lowest BCUT2D eigenvalue weighted by molar-refractivity contribution is -0.156. The molecule has 0 amide bonds. The minimum atomic E-state index is -1.39. The van der Waals surface area contributed by atoms with Gasteiger partial charge in [0.15, 0.2) is 0 Å². The van der Waals surface area contributed by atoms with E-state index >= 15 is 0 Å². The Morgan fingerprint density at radius 1 is 0.933 bits per heavy atom. The number of hydrogen-bond donors (Lipinski definition) is 1. The van der Waals surface area contributed by atoms with Gasteiger partial charge in [0.1, 0.15) is 17.1 Å². The Kier molecular flexibility index (Phi) is 3.51. The van der Waals surface area contributed by atoms with Gasteiger partial charge in [0.25, 0.3) is 0 Å². The number of ether oxygens (including phenoxy) is 2. The smallest absolute Gasteiger partial charge is 0.349 e. The number of hydrogen-bond acceptors (Lipinski definition) is 3. The second-order valence-corrected chi connectivity index (χ2v) is 9.96. The number of aryl methyl sites for hydroxylation is 2. The van der Waals surface area contributed by atoms with Gasteiger partial charge in [0, 0.05) is 16.5 Å². The topological polar surface area (TPSA) is 55.8 Å². The number of benzene rings is 2. The highest BCUT2D eigenvalue weighted by Crippen LogP contribution is 2.65. The van der Waals surface area contributed by atoms with Crippen molar-refractivity contribution in [3.63, 3.8) is 0 Å². The van der Waals surface area contributed by atoms with E-state index in [-0.39, 0.29) is 5.41 Å². The van der Waals surface area contributed by atoms with Crippen LogP contribution in [-0.2, 0) is 15.6 Å². The zero-order chi connectivity index (χ0) is 21.7. The van der Waals surface area contributed by atoms with Gasteiger partial charge in [-0.05, 0) is 69.9 Å². The highest BCUT2D eigenvalue weighted by atomic mass is 16.5. The van der Waals surface area contributed by atoms with Crippen LogP contribution in [0.25, 0.3) is 0 Å². The fraction of sp³-hybridized carbons (Fsp3) is 0.423. The largest absolute Gasteiger partial charge is 0.482 e. The summed E-state index contributed by atoms with van der Waals surface area (Å²) < 4.78 is 12.6. The predicted octanol–water partition coefficient (Wildman–Crippen LogP) is 5.24. The molecule has 1 N–H and O–H groups in total. The van der Waals surface area contributed by atoms with Gasteiger partial charge in [-0.1, -0.05) is 37.3 Å². The second-order valence-electron chi connectivity index (χ2n) is 9.96. The quantitative estimate of drug-likeness (QED) is 0.696. The van der Waals surface area contributed by atoms with Crippen molar-refractivity contribution in [2.75, 3.05) is 0 Å². The summed E-state index contributed by atoms with van der Waals surface area (Å²) in [6.07, 6.45) is 2.95. The molecule has 2 aromatic carbocycles. The summed E-state index contributed by atoms with van der Waals surface area (Å²) in [5.41, 5.74) is 2.69. The molecule has 1 aliphatic carbocycles. The molecule has 0 radical (unpaired) electrons. The highest BCUT2D eigenvalue weighted by molar-refractivity contribution is 5.83. The van der Waals surface area contributed by atoms with Crippen LogP contribution in [0.3, 0.4) is 0 Å². The first kappa shape index (κ1) is 19.2. The van der Waals surface area contributed by atoms with E-state index in [1.165, 1.54) is 11.1 Å². The Morgan fingerprint density at radius 3 is 2.10 bits per heavy atom. The van der Waals surface area contributed by atoms with Gasteiger partial charge in [0.05, 0.1) is 5.41 Å². The summed E-state index contributed by atoms with van der Waals surface area (Å²) in [4.78, 5) is 12.4. The molecule has 2 heterocycles. The molecule has 4 atom stereocenters. The summed E-state index contributed by atoms with van der Waals surface area (Å²) in [7, 11) is 0. The van der Waals surface area contributed by atoms with Crippen LogP contribution in [-0.4, -0.2) is 22.3 Å². The van der Waals surface area contributed by atoms with Crippen molar-refractivity contribution in [3.05, 3.63) is 70.3 Å². The number of carboxylic acids is 1. The maximum absolute atomic E-state index is 12.4. The zero-order valence-electron chi connectivity index (χ0n) is 18.4. The second kappa shape index (κ2) is 5.48. The van der Waals surface area contributed by atoms with Crippen LogP contribution in [0, 0.1) is 13.8 Å². The van der Waals surface area contributed by atoms with E-state index in [4.69, 9.17) is 9.47 Å². The van der Waals surface area contributed by atoms with Crippen LogP contribution >= 0.6 is 0 Å². The van der Waals surface area contributed by atoms with Crippen LogP contribution in [0.4, 0.5) is 0 Å². The van der Waals surface area contributed by atoms with Gasteiger partial charge in [0.2, 0.25) is 5.60 Å². The Bertz CT molecular complexity index is 1150. The van der Waals surface area contributed by atoms with Crippen molar-refractivity contribution in [1.82, 2.24) is 0 Å². The van der Waals surface area contributed by atoms with Gasteiger partial charge in [-0.3, -0.25) is 0 Å². The first-order valence-electron chi connectivity index (χ1n) is 10.5. The van der Waals surface area contributed by atoms with E-state index in [0.717, 1.165) is 28.9 Å². The summed E-state index contributed by atoms with van der Waals surface area (Å²) in [6.45, 7) is 12.1. The molecule has 1 fully saturated rings. The van der Waals surface area contributed by atoms with Crippen molar-refractivity contribution in [2.45, 2.75) is 70.0 Å². The molecule has 0 unspecified atom stereocenters. The minimum Gasteiger partial charge on any atom is -0.482 e. The van der Waals surface area contributed by atoms with Gasteiger partial charge in [-0.15, -0.1) is 0 Å². The SMILES string of the molecule is Cc1ccc2c(c1)O[C@@](C)(C(=O)O)[C@@]2(C)/C=C1/C[C@]2(C)c3ccc(C)cc3O[C@]12C. The molecule has 5 rings (SSSR count). The van der Waals surface area contributed by atoms with E-state index in [1.807, 2.05) is 32.0 Å². The van der Waals surface area contributed by atoms with Gasteiger partial charge < -0.3 is 14.6 Å². The maximum Gasteiger partial charge on any atom is 0.349 e. The Balaban J connectivity index is 1.64. The van der Waals surface area contributed by atoms with Crippen LogP contribution in [0.5, 0.6) is 11.5 Å². The molecule has 0 aromatic heterocycles. The molecule has 2 aliphatic heterocycles. The molecule has 2 aromatic rings. The molecule has 0 spiro atoms. The average Bonchev–Trinajstić information content (AvgIpc) is 2.98. The van der Waals surface area contributed by atoms with Crippen LogP contribution in [0.2, 0.25) is 0 Å². The van der Waals surface area contributed by atoms with Crippen LogP contribution < -0.4 is 9.47 Å². The Morgan fingerprint density at radius 2 is 1.50 bits per heavy atom. The third-order valence-corrected chi connectivity index (χ3v) is 8.13. The monoisotopic (exact) mass is 404 g/mol. The summed E-state index contributed by atoms with van der Waals surface area (Å²) in [5, 5.41) is 10.1. The molecule has 0 saturated heterocycles. The zero-order valence-corrected chi connectivity index (χ0v) is 18.4. The lowest BCUT2D eigenvalue weighted by Crippen LogP contribution is -2.60. The molecule has 1 saturated carbocycles. The molecule has 3 aliphatic rings. The van der Waals surface area contributed by atoms with E-state index < -0.39 is 22.6 Å². The van der Waals surface area contributed by atoms with Crippen LogP contribution in [0.15, 0.2) is 48.0 Å². The minimum absolute atomic E-state index is 0.118. The number of fused-ring (bicyclic) bond motifs is 4. The fourth-order valence-electron chi connectivity index (χ4n) is 5.63. The third kappa shape index (κ3) is 2.04. The van der Waals surface area contributed by atoms with Gasteiger partial charge in [-0.25, -0.2) is 4.79 Å². The average molecular weight is 405 g/mol. The molecule has 156 valence electrons. The van der Waals surface area contributed by atoms with E-state index in [9.17, 15) is 9.90 Å². The van der Waals surface area contributed by atoms with Crippen molar-refractivity contribution < 1.29 is 19.4 Å². The standard InChI is InChI=1S/C26H28O4/c1-15-7-9-18-20(11-15)29-25(5)17(13-23(18,25)3)14-24(4)19-10-8-16(2)12-21(19)30-26(24,6)22(27)28/h7-12,14H,13H2,1-6H3,(H,27,28)/b17-14-/t23-,24+,25-,26+/m1/s1. The maximum atomic E-state index is 12.4. The predicted molar refractivity (Wildman–Crippen MR) is 115 cm³/mol. The number of carboxylic acid groups (broad SMARTS) is 1. The summed E-state index contributed by atoms with van der Waals surface area (Å²) >= 11 is 0. The van der Waals surface area contributed by atoms with Crippen molar-refractivity contribution in [3.8, 4) is 11.5 Å².